The number of hydrogen-bond acceptors (Lipinski definition) is 3. The number of aromatic amines is 1. The van der Waals surface area contributed by atoms with Crippen molar-refractivity contribution in [3.05, 3.63) is 23.5 Å². The Hall–Kier alpha value is -2.11. The van der Waals surface area contributed by atoms with Crippen LogP contribution in [0, 0.1) is 0 Å². The summed E-state index contributed by atoms with van der Waals surface area (Å²) >= 11 is 0. The minimum atomic E-state index is -0.265. The van der Waals surface area contributed by atoms with Crippen molar-refractivity contribution in [1.82, 2.24) is 15.6 Å². The van der Waals surface area contributed by atoms with E-state index < -0.39 is 0 Å². The fraction of sp³-hybridized carbons (Fsp3) is 0.300. The number of amides is 2. The fourth-order valence-corrected chi connectivity index (χ4v) is 1.16. The van der Waals surface area contributed by atoms with Gasteiger partial charge >= 0.3 is 0 Å². The van der Waals surface area contributed by atoms with Gasteiger partial charge in [-0.15, -0.1) is 0 Å². The monoisotopic (exact) mass is 223 g/mol. The summed E-state index contributed by atoms with van der Waals surface area (Å²) in [5, 5.41) is 5.14. The summed E-state index contributed by atoms with van der Waals surface area (Å²) in [6, 6.07) is 3.08. The molecular formula is C10H13N3O3. The molecule has 86 valence electrons. The largest absolute Gasteiger partial charge is 0.359 e. The Labute approximate surface area is 92.4 Å². The molecule has 2 amide bonds. The van der Waals surface area contributed by atoms with Gasteiger partial charge in [-0.05, 0) is 18.6 Å². The second kappa shape index (κ2) is 6.39. The average molecular weight is 223 g/mol. The number of aldehydes is 1. The van der Waals surface area contributed by atoms with Gasteiger partial charge in [0.25, 0.3) is 5.91 Å². The van der Waals surface area contributed by atoms with Gasteiger partial charge in [0, 0.05) is 13.1 Å². The maximum Gasteiger partial charge on any atom is 0.267 e. The highest BCUT2D eigenvalue weighted by Gasteiger charge is 2.06. The lowest BCUT2D eigenvalue weighted by atomic mass is 10.3. The molecule has 0 unspecified atom stereocenters. The molecule has 0 aliphatic carbocycles. The molecule has 0 aromatic carbocycles. The molecule has 3 N–H and O–H groups in total. The summed E-state index contributed by atoms with van der Waals surface area (Å²) in [6.45, 7) is 0.989. The maximum absolute atomic E-state index is 11.5. The molecule has 0 bridgehead atoms. The van der Waals surface area contributed by atoms with Crippen molar-refractivity contribution in [3.8, 4) is 0 Å². The highest BCUT2D eigenvalue weighted by atomic mass is 16.2. The third-order valence-electron chi connectivity index (χ3n) is 1.95. The molecule has 1 rings (SSSR count). The Morgan fingerprint density at radius 1 is 1.31 bits per heavy atom. The Kier molecular flexibility index (Phi) is 4.78. The van der Waals surface area contributed by atoms with Crippen LogP contribution in [0.1, 0.15) is 27.4 Å². The molecule has 6 nitrogen and oxygen atoms in total. The number of carbonyl (C=O) groups excluding carboxylic acids is 3. The third kappa shape index (κ3) is 3.56. The van der Waals surface area contributed by atoms with Crippen LogP contribution in [-0.2, 0) is 4.79 Å². The molecule has 0 spiro atoms. The van der Waals surface area contributed by atoms with Gasteiger partial charge in [-0.25, -0.2) is 0 Å². The van der Waals surface area contributed by atoms with E-state index in [1.165, 1.54) is 6.07 Å². The van der Waals surface area contributed by atoms with E-state index in [1.807, 2.05) is 0 Å². The van der Waals surface area contributed by atoms with Crippen LogP contribution in [0.2, 0.25) is 0 Å². The molecule has 0 aliphatic heterocycles. The summed E-state index contributed by atoms with van der Waals surface area (Å²) in [4.78, 5) is 34.4. The van der Waals surface area contributed by atoms with Crippen molar-refractivity contribution >= 4 is 18.6 Å². The maximum atomic E-state index is 11.5. The topological polar surface area (TPSA) is 91.1 Å². The predicted octanol–water partition coefficient (Wildman–Crippen LogP) is -0.307. The third-order valence-corrected chi connectivity index (χ3v) is 1.95. The highest BCUT2D eigenvalue weighted by Crippen LogP contribution is 1.98. The van der Waals surface area contributed by atoms with E-state index in [0.29, 0.717) is 43.6 Å². The van der Waals surface area contributed by atoms with Crippen molar-refractivity contribution in [2.45, 2.75) is 6.42 Å². The van der Waals surface area contributed by atoms with E-state index in [4.69, 9.17) is 0 Å². The fourth-order valence-electron chi connectivity index (χ4n) is 1.16. The van der Waals surface area contributed by atoms with E-state index >= 15 is 0 Å². The lowest BCUT2D eigenvalue weighted by Crippen LogP contribution is -2.27. The second-order valence-corrected chi connectivity index (χ2v) is 3.13. The number of hydrogen-bond donors (Lipinski definition) is 3. The van der Waals surface area contributed by atoms with E-state index in [0.717, 1.165) is 0 Å². The number of nitrogens with one attached hydrogen (secondary N) is 3. The molecule has 1 aromatic heterocycles. The number of H-pyrrole nitrogens is 1. The Balaban J connectivity index is 2.29. The van der Waals surface area contributed by atoms with Crippen LogP contribution in [0.3, 0.4) is 0 Å². The molecule has 0 fully saturated rings. The van der Waals surface area contributed by atoms with Gasteiger partial charge in [0.05, 0.1) is 5.69 Å². The first-order valence-electron chi connectivity index (χ1n) is 4.87. The van der Waals surface area contributed by atoms with E-state index in [-0.39, 0.29) is 5.91 Å². The van der Waals surface area contributed by atoms with Gasteiger partial charge < -0.3 is 15.6 Å². The normalized spacial score (nSPS) is 9.50. The molecule has 1 aromatic rings. The van der Waals surface area contributed by atoms with Crippen LogP contribution in [0.5, 0.6) is 0 Å². The molecule has 16 heavy (non-hydrogen) atoms. The van der Waals surface area contributed by atoms with Gasteiger partial charge in [-0.3, -0.25) is 14.4 Å². The first kappa shape index (κ1) is 12.0. The molecule has 6 heteroatoms. The van der Waals surface area contributed by atoms with Crippen molar-refractivity contribution < 1.29 is 14.4 Å². The smallest absolute Gasteiger partial charge is 0.267 e. The van der Waals surface area contributed by atoms with Crippen LogP contribution in [0.4, 0.5) is 0 Å². The molecule has 0 radical (unpaired) electrons. The summed E-state index contributed by atoms with van der Waals surface area (Å²) in [5.41, 5.74) is 0.721. The van der Waals surface area contributed by atoms with Gasteiger partial charge in [0.15, 0.2) is 6.29 Å². The summed E-state index contributed by atoms with van der Waals surface area (Å²) in [7, 11) is 0. The first-order valence-corrected chi connectivity index (χ1v) is 4.87. The lowest BCUT2D eigenvalue weighted by Gasteiger charge is -2.02. The van der Waals surface area contributed by atoms with E-state index in [1.54, 1.807) is 6.07 Å². The van der Waals surface area contributed by atoms with Crippen LogP contribution in [-0.4, -0.2) is 36.7 Å². The minimum absolute atomic E-state index is 0.265. The van der Waals surface area contributed by atoms with Crippen molar-refractivity contribution in [3.63, 3.8) is 0 Å². The number of carbonyl (C=O) groups is 3. The molecule has 1 heterocycles. The van der Waals surface area contributed by atoms with Gasteiger partial charge in [0.2, 0.25) is 6.41 Å². The van der Waals surface area contributed by atoms with Crippen LogP contribution in [0.15, 0.2) is 12.1 Å². The predicted molar refractivity (Wildman–Crippen MR) is 57.2 cm³/mol. The van der Waals surface area contributed by atoms with Gasteiger partial charge in [0.1, 0.15) is 5.69 Å². The van der Waals surface area contributed by atoms with E-state index in [2.05, 4.69) is 15.6 Å². The number of rotatable bonds is 7. The van der Waals surface area contributed by atoms with Crippen molar-refractivity contribution in [2.24, 2.45) is 0 Å². The Morgan fingerprint density at radius 2 is 2.12 bits per heavy atom. The SMILES string of the molecule is O=CNCCCNC(=O)c1ccc(C=O)[nH]1. The van der Waals surface area contributed by atoms with Crippen LogP contribution >= 0.6 is 0 Å². The molecule has 0 atom stereocenters. The van der Waals surface area contributed by atoms with Crippen LogP contribution < -0.4 is 10.6 Å². The van der Waals surface area contributed by atoms with E-state index in [9.17, 15) is 14.4 Å². The minimum Gasteiger partial charge on any atom is -0.359 e. The Morgan fingerprint density at radius 3 is 2.75 bits per heavy atom. The summed E-state index contributed by atoms with van der Waals surface area (Å²) in [6.07, 6.45) is 1.92. The standard InChI is InChI=1S/C10H13N3O3/c14-6-8-2-3-9(13-8)10(16)12-5-1-4-11-7-15/h2-3,6-7,13H,1,4-5H2,(H,11,15)(H,12,16). The lowest BCUT2D eigenvalue weighted by molar-refractivity contribution is -0.109. The summed E-state index contributed by atoms with van der Waals surface area (Å²) < 4.78 is 0. The zero-order valence-corrected chi connectivity index (χ0v) is 8.66. The molecule has 0 saturated carbocycles. The Bertz CT molecular complexity index is 373. The number of aromatic nitrogens is 1. The van der Waals surface area contributed by atoms with Crippen molar-refractivity contribution in [2.75, 3.05) is 13.1 Å². The average Bonchev–Trinajstić information content (AvgIpc) is 2.77. The second-order valence-electron chi connectivity index (χ2n) is 3.13. The highest BCUT2D eigenvalue weighted by molar-refractivity contribution is 5.93. The van der Waals surface area contributed by atoms with Gasteiger partial charge in [-0.2, -0.15) is 0 Å². The first-order chi connectivity index (χ1) is 7.77. The van der Waals surface area contributed by atoms with Gasteiger partial charge in [-0.1, -0.05) is 0 Å². The quantitative estimate of drug-likeness (QED) is 0.437. The summed E-state index contributed by atoms with van der Waals surface area (Å²) in [5.74, 6) is -0.265. The molecule has 0 aliphatic rings. The zero-order chi connectivity index (χ0) is 11.8. The molecule has 0 saturated heterocycles. The zero-order valence-electron chi connectivity index (χ0n) is 8.66. The van der Waals surface area contributed by atoms with Crippen LogP contribution in [0.25, 0.3) is 0 Å². The van der Waals surface area contributed by atoms with Crippen molar-refractivity contribution in [1.29, 1.82) is 0 Å². The molecular weight excluding hydrogens is 210 g/mol.